The maximum Gasteiger partial charge on any atom is 0.245 e. The van der Waals surface area contributed by atoms with Gasteiger partial charge in [0, 0.05) is 72.0 Å². The zero-order valence-corrected chi connectivity index (χ0v) is 50.0. The van der Waals surface area contributed by atoms with Crippen LogP contribution in [0.25, 0.3) is 0 Å². The molecule has 454 valence electrons. The Morgan fingerprint density at radius 1 is 0.720 bits per heavy atom. The van der Waals surface area contributed by atoms with Gasteiger partial charge >= 0.3 is 0 Å². The van der Waals surface area contributed by atoms with E-state index in [1.54, 1.807) is 44.9 Å². The van der Waals surface area contributed by atoms with E-state index in [-0.39, 0.29) is 116 Å². The fourth-order valence-corrected chi connectivity index (χ4v) is 11.1. The number of aliphatic hydroxyl groups excluding tert-OH is 1. The summed E-state index contributed by atoms with van der Waals surface area (Å²) in [6.07, 6.45) is 16.3. The van der Waals surface area contributed by atoms with Crippen LogP contribution in [0.3, 0.4) is 0 Å². The number of ether oxygens (including phenoxy) is 6. The number of hydrogen-bond donors (Lipinski definition) is 4. The molecule has 4 aliphatic rings. The first-order valence-corrected chi connectivity index (χ1v) is 29.5. The number of carbonyl (C=O) groups excluding carboxylic acids is 6. The average molecular weight is 1140 g/mol. The first-order chi connectivity index (χ1) is 39.5. The highest BCUT2D eigenvalue weighted by atomic mass is 16.6. The van der Waals surface area contributed by atoms with Crippen LogP contribution in [0.4, 0.5) is 0 Å². The Hall–Kier alpha value is -5.72. The third kappa shape index (κ3) is 20.3. The van der Waals surface area contributed by atoms with Gasteiger partial charge < -0.3 is 64.2 Å². The fraction of sp³-hybridized carbons (Fsp3) is 0.651. The van der Waals surface area contributed by atoms with Crippen molar-refractivity contribution >= 4 is 35.4 Å². The smallest absolute Gasteiger partial charge is 0.245 e. The molecule has 0 saturated carbocycles. The van der Waals surface area contributed by atoms with Gasteiger partial charge in [-0.1, -0.05) is 132 Å². The van der Waals surface area contributed by atoms with E-state index in [1.165, 1.54) is 0 Å². The lowest BCUT2D eigenvalue weighted by atomic mass is 9.83. The Kier molecular flexibility index (Phi) is 29.0. The first-order valence-electron chi connectivity index (χ1n) is 29.5. The van der Waals surface area contributed by atoms with Crippen LogP contribution in [0.15, 0.2) is 78.9 Å². The predicted molar refractivity (Wildman–Crippen MR) is 312 cm³/mol. The zero-order valence-electron chi connectivity index (χ0n) is 50.0. The van der Waals surface area contributed by atoms with Gasteiger partial charge in [0.2, 0.25) is 35.4 Å². The molecule has 0 spiro atoms. The molecule has 4 N–H and O–H groups in total. The van der Waals surface area contributed by atoms with Crippen LogP contribution in [-0.2, 0) is 57.2 Å². The standard InChI is InChI=1S/C63H94N6O13/c1-10-44(4)59(53(77-8)41-57(73)68-32-18-25-52(68)61(78-9)45(5)62(75)65-46(6)60(74)49-21-12-11-13-22-49)67(7)63(76)58(43(2)3)66-55(71)30-33-79-35-37-81-39-40-82-38-36-80-34-31-64-54(70)28-29-56(72)69-42-50-23-15-14-19-47(50)26-27-48-20-16-17-24-51(48)69/h11-17,19-24,43-48,50-53,58-61,74H,10,18,25,28-42H2,1-9H3,(H,64,70)(H,65,75)(H,66,71)/t44-,45+,46+,47?,48?,50?,51?,52-,53+,58-,59-,60+,61+/m1/s1. The number of hydrogen-bond acceptors (Lipinski definition) is 13. The summed E-state index contributed by atoms with van der Waals surface area (Å²) < 4.78 is 34.4. The molecule has 6 amide bonds. The van der Waals surface area contributed by atoms with E-state index in [4.69, 9.17) is 28.4 Å². The van der Waals surface area contributed by atoms with Crippen molar-refractivity contribution < 1.29 is 62.3 Å². The van der Waals surface area contributed by atoms with Gasteiger partial charge in [0.25, 0.3) is 0 Å². The lowest BCUT2D eigenvalue weighted by molar-refractivity contribution is -0.147. The molecule has 2 heterocycles. The zero-order chi connectivity index (χ0) is 59.6. The van der Waals surface area contributed by atoms with Gasteiger partial charge in [0.05, 0.1) is 114 Å². The molecule has 19 nitrogen and oxygen atoms in total. The maximum atomic E-state index is 14.3. The summed E-state index contributed by atoms with van der Waals surface area (Å²) in [5, 5.41) is 19.6. The topological polar surface area (TPSA) is 224 Å². The SMILES string of the molecule is CC[C@@H](C)[C@H]([C@H](CC(=O)N1CCC[C@@H]1[C@@H](OC)[C@H](C)C(=O)N[C@@H](C)[C@H](O)c1ccccc1)OC)N(C)C(=O)[C@H](NC(=O)CCOCCOCCOCCOCCNC(=O)CCC(=O)N1CC2C=CC=CC2C#CC2C=CC=CC21)C(C)C. The van der Waals surface area contributed by atoms with Gasteiger partial charge in [-0.25, -0.2) is 0 Å². The van der Waals surface area contributed by atoms with Gasteiger partial charge in [-0.2, -0.15) is 0 Å². The third-order valence-corrected chi connectivity index (χ3v) is 16.1. The summed E-state index contributed by atoms with van der Waals surface area (Å²) >= 11 is 0. The number of benzene rings is 1. The van der Waals surface area contributed by atoms with E-state index in [0.717, 1.165) is 6.42 Å². The second-order valence-electron chi connectivity index (χ2n) is 22.2. The minimum Gasteiger partial charge on any atom is -0.386 e. The highest BCUT2D eigenvalue weighted by Gasteiger charge is 2.43. The van der Waals surface area contributed by atoms with Gasteiger partial charge in [-0.15, -0.1) is 0 Å². The van der Waals surface area contributed by atoms with Crippen molar-refractivity contribution in [1.82, 2.24) is 30.7 Å². The second-order valence-corrected chi connectivity index (χ2v) is 22.2. The number of likely N-dealkylation sites (N-methyl/N-ethyl adjacent to an activating group) is 1. The van der Waals surface area contributed by atoms with E-state index < -0.39 is 42.4 Å². The van der Waals surface area contributed by atoms with Gasteiger partial charge in [-0.05, 0) is 37.2 Å². The van der Waals surface area contributed by atoms with Crippen molar-refractivity contribution in [2.45, 2.75) is 135 Å². The molecule has 2 aliphatic heterocycles. The molecule has 82 heavy (non-hydrogen) atoms. The summed E-state index contributed by atoms with van der Waals surface area (Å²) in [7, 11) is 4.78. The minimum absolute atomic E-state index is 0.0116. The molecule has 19 heteroatoms. The summed E-state index contributed by atoms with van der Waals surface area (Å²) in [4.78, 5) is 86.8. The normalized spacial score (nSPS) is 22.0. The van der Waals surface area contributed by atoms with Crippen LogP contribution in [0.2, 0.25) is 0 Å². The molecular formula is C63H94N6O13. The Morgan fingerprint density at radius 3 is 1.99 bits per heavy atom. The number of aliphatic hydroxyl groups is 1. The van der Waals surface area contributed by atoms with Crippen LogP contribution in [-0.4, -0.2) is 191 Å². The third-order valence-electron chi connectivity index (χ3n) is 16.1. The monoisotopic (exact) mass is 1140 g/mol. The van der Waals surface area contributed by atoms with Gasteiger partial charge in [0.15, 0.2) is 0 Å². The average Bonchev–Trinajstić information content (AvgIpc) is 4.15. The number of rotatable bonds is 35. The molecule has 13 atom stereocenters. The minimum atomic E-state index is -0.902. The Morgan fingerprint density at radius 2 is 1.34 bits per heavy atom. The number of nitrogens with one attached hydrogen (secondary N) is 3. The summed E-state index contributed by atoms with van der Waals surface area (Å²) in [6, 6.07) is 6.70. The number of likely N-dealkylation sites (tertiary alicyclic amines) is 1. The largest absolute Gasteiger partial charge is 0.386 e. The van der Waals surface area contributed by atoms with Crippen molar-refractivity contribution in [3.63, 3.8) is 0 Å². The number of nitrogens with zero attached hydrogens (tertiary/aromatic N) is 3. The van der Waals surface area contributed by atoms with Crippen molar-refractivity contribution in [1.29, 1.82) is 0 Å². The van der Waals surface area contributed by atoms with Crippen LogP contribution in [0, 0.1) is 47.3 Å². The fourth-order valence-electron chi connectivity index (χ4n) is 11.1. The highest BCUT2D eigenvalue weighted by Crippen LogP contribution is 2.31. The van der Waals surface area contributed by atoms with Crippen molar-refractivity contribution in [3.05, 3.63) is 84.5 Å². The maximum absolute atomic E-state index is 14.3. The van der Waals surface area contributed by atoms with E-state index >= 15 is 0 Å². The van der Waals surface area contributed by atoms with Crippen LogP contribution < -0.4 is 16.0 Å². The number of methoxy groups -OCH3 is 2. The molecular weight excluding hydrogens is 1050 g/mol. The number of amides is 6. The van der Waals surface area contributed by atoms with Gasteiger partial charge in [0.1, 0.15) is 6.04 Å². The Labute approximate surface area is 487 Å². The second kappa shape index (κ2) is 35.4. The first kappa shape index (κ1) is 67.1. The van der Waals surface area contributed by atoms with E-state index in [9.17, 15) is 33.9 Å². The quantitative estimate of drug-likeness (QED) is 0.0523. The summed E-state index contributed by atoms with van der Waals surface area (Å²) in [5.41, 5.74) is 0.694. The molecule has 1 aromatic carbocycles. The Bertz CT molecular complexity index is 2370. The van der Waals surface area contributed by atoms with Crippen molar-refractivity contribution in [2.24, 2.45) is 35.5 Å². The Balaban J connectivity index is 0.938. The van der Waals surface area contributed by atoms with Crippen molar-refractivity contribution in [3.8, 4) is 11.8 Å². The number of carbonyl (C=O) groups is 6. The van der Waals surface area contributed by atoms with E-state index in [0.29, 0.717) is 77.7 Å². The molecule has 4 unspecified atom stereocenters. The summed E-state index contributed by atoms with van der Waals surface area (Å²) in [6.45, 7) is 15.0. The molecule has 5 rings (SSSR count). The molecule has 0 radical (unpaired) electrons. The lowest BCUT2D eigenvalue weighted by Gasteiger charge is -2.40. The highest BCUT2D eigenvalue weighted by molar-refractivity contribution is 5.88. The summed E-state index contributed by atoms with van der Waals surface area (Å²) in [5.74, 6) is 4.53. The number of fused-ring (bicyclic) bond motifs is 2. The molecule has 2 aliphatic carbocycles. The van der Waals surface area contributed by atoms with Crippen LogP contribution >= 0.6 is 0 Å². The lowest BCUT2D eigenvalue weighted by Crippen LogP contribution is -2.58. The molecule has 0 aromatic heterocycles. The molecule has 1 fully saturated rings. The van der Waals surface area contributed by atoms with Gasteiger partial charge in [-0.3, -0.25) is 28.8 Å². The van der Waals surface area contributed by atoms with E-state index in [2.05, 4.69) is 39.9 Å². The van der Waals surface area contributed by atoms with Crippen molar-refractivity contribution in [2.75, 3.05) is 93.8 Å². The molecule has 1 saturated heterocycles. The molecule has 1 aromatic rings. The van der Waals surface area contributed by atoms with Crippen LogP contribution in [0.1, 0.15) is 98.2 Å². The van der Waals surface area contributed by atoms with Crippen LogP contribution in [0.5, 0.6) is 0 Å². The predicted octanol–water partition coefficient (Wildman–Crippen LogP) is 4.95. The molecule has 0 bridgehead atoms. The van der Waals surface area contributed by atoms with E-state index in [1.807, 2.05) is 99.4 Å². The number of allylic oxidation sites excluding steroid dienone is 5.